The number of hydrogen-bond donors (Lipinski definition) is 1. The molecule has 0 spiro atoms. The van der Waals surface area contributed by atoms with Gasteiger partial charge in [0.1, 0.15) is 11.5 Å². The molecule has 0 fully saturated rings. The summed E-state index contributed by atoms with van der Waals surface area (Å²) in [6.07, 6.45) is -2.87. The molecule has 0 aliphatic heterocycles. The summed E-state index contributed by atoms with van der Waals surface area (Å²) in [6.45, 7) is 0. The molecule has 1 aromatic rings. The molecule has 96 valence electrons. The number of nitrogens with two attached hydrogens (primary N) is 1. The molecule has 1 rings (SSSR count). The van der Waals surface area contributed by atoms with E-state index in [-0.39, 0.29) is 0 Å². The molecule has 0 radical (unpaired) electrons. The van der Waals surface area contributed by atoms with E-state index in [0.29, 0.717) is 21.5 Å². The lowest BCUT2D eigenvalue weighted by Gasteiger charge is -2.17. The van der Waals surface area contributed by atoms with Crippen LogP contribution in [0.5, 0.6) is 11.5 Å². The number of ether oxygens (including phenoxy) is 2. The minimum Gasteiger partial charge on any atom is -0.496 e. The van der Waals surface area contributed by atoms with Gasteiger partial charge in [0.15, 0.2) is 0 Å². The number of halogens is 3. The van der Waals surface area contributed by atoms with Crippen LogP contribution in [-0.4, -0.2) is 20.6 Å². The van der Waals surface area contributed by atoms with Crippen LogP contribution in [-0.2, 0) is 0 Å². The van der Waals surface area contributed by atoms with Crippen molar-refractivity contribution in [1.29, 1.82) is 0 Å². The van der Waals surface area contributed by atoms with Crippen LogP contribution in [0.25, 0.3) is 0 Å². The monoisotopic (exact) mass is 309 g/mol. The number of alkyl halides is 2. The zero-order valence-corrected chi connectivity index (χ0v) is 11.1. The SMILES string of the molecule is COc1cc([C@@H](N)CC(F)F)c(OC)cc1Br. The van der Waals surface area contributed by atoms with Gasteiger partial charge in [0.05, 0.1) is 18.7 Å². The molecule has 0 aliphatic rings. The fourth-order valence-electron chi connectivity index (χ4n) is 1.49. The fourth-order valence-corrected chi connectivity index (χ4v) is 1.98. The first kappa shape index (κ1) is 14.2. The van der Waals surface area contributed by atoms with E-state index in [2.05, 4.69) is 15.9 Å². The minimum absolute atomic E-state index is 0.416. The standard InChI is InChI=1S/C11H14BrF2NO2/c1-16-9-4-7(12)10(17-2)3-6(9)8(15)5-11(13)14/h3-4,8,11H,5,15H2,1-2H3/t8-/m0/s1. The molecular formula is C11H14BrF2NO2. The Labute approximate surface area is 107 Å². The smallest absolute Gasteiger partial charge is 0.240 e. The van der Waals surface area contributed by atoms with Gasteiger partial charge in [-0.05, 0) is 28.1 Å². The van der Waals surface area contributed by atoms with E-state index in [1.807, 2.05) is 0 Å². The summed E-state index contributed by atoms with van der Waals surface area (Å²) in [6, 6.07) is 2.47. The van der Waals surface area contributed by atoms with Crippen LogP contribution in [0.15, 0.2) is 16.6 Å². The van der Waals surface area contributed by atoms with Gasteiger partial charge in [0, 0.05) is 18.0 Å². The molecule has 0 saturated heterocycles. The van der Waals surface area contributed by atoms with Gasteiger partial charge >= 0.3 is 0 Å². The minimum atomic E-state index is -2.45. The Bertz CT molecular complexity index is 388. The molecule has 0 saturated carbocycles. The largest absolute Gasteiger partial charge is 0.496 e. The zero-order valence-electron chi connectivity index (χ0n) is 9.54. The Morgan fingerprint density at radius 2 is 1.82 bits per heavy atom. The Kier molecular flexibility index (Phi) is 5.14. The second-order valence-corrected chi connectivity index (χ2v) is 4.32. The summed E-state index contributed by atoms with van der Waals surface area (Å²) in [5.74, 6) is 0.997. The number of rotatable bonds is 5. The van der Waals surface area contributed by atoms with Gasteiger partial charge in [-0.2, -0.15) is 0 Å². The summed E-state index contributed by atoms with van der Waals surface area (Å²) in [5.41, 5.74) is 6.22. The second-order valence-electron chi connectivity index (χ2n) is 3.46. The molecule has 6 heteroatoms. The summed E-state index contributed by atoms with van der Waals surface area (Å²) in [4.78, 5) is 0. The predicted molar refractivity (Wildman–Crippen MR) is 64.8 cm³/mol. The maximum absolute atomic E-state index is 12.3. The fraction of sp³-hybridized carbons (Fsp3) is 0.455. The second kappa shape index (κ2) is 6.16. The maximum atomic E-state index is 12.3. The van der Waals surface area contributed by atoms with Crippen molar-refractivity contribution < 1.29 is 18.3 Å². The number of benzene rings is 1. The van der Waals surface area contributed by atoms with Gasteiger partial charge in [-0.25, -0.2) is 8.78 Å². The van der Waals surface area contributed by atoms with Gasteiger partial charge in [-0.1, -0.05) is 0 Å². The average Bonchev–Trinajstić information content (AvgIpc) is 2.27. The van der Waals surface area contributed by atoms with Crippen LogP contribution in [0.4, 0.5) is 8.78 Å². The first-order chi connectivity index (χ1) is 7.99. The molecule has 0 unspecified atom stereocenters. The molecule has 3 nitrogen and oxygen atoms in total. The highest BCUT2D eigenvalue weighted by Gasteiger charge is 2.19. The normalized spacial score (nSPS) is 12.6. The summed E-state index contributed by atoms with van der Waals surface area (Å²) in [5, 5.41) is 0. The van der Waals surface area contributed by atoms with Gasteiger partial charge in [0.2, 0.25) is 6.43 Å². The third-order valence-corrected chi connectivity index (χ3v) is 2.96. The number of methoxy groups -OCH3 is 2. The van der Waals surface area contributed by atoms with E-state index in [0.717, 1.165) is 0 Å². The quantitative estimate of drug-likeness (QED) is 0.909. The van der Waals surface area contributed by atoms with Crippen LogP contribution in [0.1, 0.15) is 18.0 Å². The molecule has 17 heavy (non-hydrogen) atoms. The summed E-state index contributed by atoms with van der Waals surface area (Å²) in [7, 11) is 2.96. The Balaban J connectivity index is 3.11. The Hall–Kier alpha value is -0.880. The molecule has 0 bridgehead atoms. The lowest BCUT2D eigenvalue weighted by molar-refractivity contribution is 0.128. The third-order valence-electron chi connectivity index (χ3n) is 2.34. The lowest BCUT2D eigenvalue weighted by atomic mass is 10.0. The molecule has 1 atom stereocenters. The van der Waals surface area contributed by atoms with Crippen molar-refractivity contribution in [1.82, 2.24) is 0 Å². The Morgan fingerprint density at radius 1 is 1.24 bits per heavy atom. The van der Waals surface area contributed by atoms with Crippen molar-refractivity contribution in [3.8, 4) is 11.5 Å². The molecule has 0 aliphatic carbocycles. The molecule has 0 amide bonds. The molecule has 1 aromatic carbocycles. The molecular weight excluding hydrogens is 296 g/mol. The third kappa shape index (κ3) is 3.54. The average molecular weight is 310 g/mol. The van der Waals surface area contributed by atoms with Gasteiger partial charge in [0.25, 0.3) is 0 Å². The van der Waals surface area contributed by atoms with E-state index in [1.54, 1.807) is 12.1 Å². The van der Waals surface area contributed by atoms with Crippen molar-refractivity contribution in [3.63, 3.8) is 0 Å². The van der Waals surface area contributed by atoms with Crippen LogP contribution >= 0.6 is 15.9 Å². The highest BCUT2D eigenvalue weighted by molar-refractivity contribution is 9.10. The van der Waals surface area contributed by atoms with Gasteiger partial charge in [-0.3, -0.25) is 0 Å². The highest BCUT2D eigenvalue weighted by Crippen LogP contribution is 2.36. The first-order valence-electron chi connectivity index (χ1n) is 4.94. The Morgan fingerprint density at radius 3 is 2.29 bits per heavy atom. The summed E-state index contributed by atoms with van der Waals surface area (Å²) >= 11 is 3.29. The van der Waals surface area contributed by atoms with Crippen LogP contribution < -0.4 is 15.2 Å². The predicted octanol–water partition coefficient (Wildman–Crippen LogP) is 3.12. The topological polar surface area (TPSA) is 44.5 Å². The lowest BCUT2D eigenvalue weighted by Crippen LogP contribution is -2.15. The van der Waals surface area contributed by atoms with E-state index < -0.39 is 18.9 Å². The molecule has 0 heterocycles. The van der Waals surface area contributed by atoms with E-state index in [9.17, 15) is 8.78 Å². The van der Waals surface area contributed by atoms with E-state index in [4.69, 9.17) is 15.2 Å². The molecule has 2 N–H and O–H groups in total. The zero-order chi connectivity index (χ0) is 13.0. The van der Waals surface area contributed by atoms with E-state index in [1.165, 1.54) is 14.2 Å². The van der Waals surface area contributed by atoms with Gasteiger partial charge < -0.3 is 15.2 Å². The summed E-state index contributed by atoms with van der Waals surface area (Å²) < 4.78 is 35.5. The van der Waals surface area contributed by atoms with Crippen molar-refractivity contribution >= 4 is 15.9 Å². The van der Waals surface area contributed by atoms with Crippen LogP contribution in [0.3, 0.4) is 0 Å². The van der Waals surface area contributed by atoms with Crippen LogP contribution in [0.2, 0.25) is 0 Å². The molecule has 0 aromatic heterocycles. The van der Waals surface area contributed by atoms with Crippen molar-refractivity contribution in [2.24, 2.45) is 5.73 Å². The van der Waals surface area contributed by atoms with Crippen molar-refractivity contribution in [2.75, 3.05) is 14.2 Å². The maximum Gasteiger partial charge on any atom is 0.240 e. The van der Waals surface area contributed by atoms with Crippen molar-refractivity contribution in [3.05, 3.63) is 22.2 Å². The van der Waals surface area contributed by atoms with E-state index >= 15 is 0 Å². The van der Waals surface area contributed by atoms with Crippen molar-refractivity contribution in [2.45, 2.75) is 18.9 Å². The highest BCUT2D eigenvalue weighted by atomic mass is 79.9. The van der Waals surface area contributed by atoms with Crippen LogP contribution in [0, 0.1) is 0 Å². The number of hydrogen-bond acceptors (Lipinski definition) is 3. The first-order valence-corrected chi connectivity index (χ1v) is 5.74. The van der Waals surface area contributed by atoms with Gasteiger partial charge in [-0.15, -0.1) is 0 Å².